The fourth-order valence-electron chi connectivity index (χ4n) is 5.27. The number of nitrogens with two attached hydrogens (primary N) is 1. The Morgan fingerprint density at radius 2 is 1.74 bits per heavy atom. The summed E-state index contributed by atoms with van der Waals surface area (Å²) in [5.41, 5.74) is 10.6. The van der Waals surface area contributed by atoms with Gasteiger partial charge in [0.05, 0.1) is 5.71 Å². The van der Waals surface area contributed by atoms with Crippen LogP contribution in [-0.4, -0.2) is 31.2 Å². The molecule has 35 heavy (non-hydrogen) atoms. The fourth-order valence-corrected chi connectivity index (χ4v) is 5.27. The maximum Gasteiger partial charge on any atom is 0.246 e. The van der Waals surface area contributed by atoms with Gasteiger partial charge in [-0.3, -0.25) is 0 Å². The first-order valence-corrected chi connectivity index (χ1v) is 12.6. The molecule has 2 aliphatic rings. The molecule has 7 heteroatoms. The molecule has 0 saturated heterocycles. The molecule has 0 atom stereocenters. The number of aromatic nitrogens is 4. The van der Waals surface area contributed by atoms with Crippen LogP contribution in [0.5, 0.6) is 5.88 Å². The van der Waals surface area contributed by atoms with Crippen LogP contribution in [0, 0.1) is 5.92 Å². The largest absolute Gasteiger partial charge is 0.463 e. The van der Waals surface area contributed by atoms with Crippen molar-refractivity contribution in [3.05, 3.63) is 59.4 Å². The van der Waals surface area contributed by atoms with Crippen LogP contribution in [0.25, 0.3) is 0 Å². The van der Waals surface area contributed by atoms with Gasteiger partial charge in [0.15, 0.2) is 11.5 Å². The summed E-state index contributed by atoms with van der Waals surface area (Å²) in [6.07, 6.45) is 9.48. The zero-order valence-corrected chi connectivity index (χ0v) is 21.4. The van der Waals surface area contributed by atoms with Crippen LogP contribution in [0.4, 0.5) is 11.5 Å². The van der Waals surface area contributed by atoms with Gasteiger partial charge in [0, 0.05) is 22.9 Å². The van der Waals surface area contributed by atoms with E-state index in [1.54, 1.807) is 0 Å². The van der Waals surface area contributed by atoms with Gasteiger partial charge < -0.3 is 15.5 Å². The van der Waals surface area contributed by atoms with Crippen molar-refractivity contribution >= 4 is 17.2 Å². The average molecular weight is 473 g/mol. The van der Waals surface area contributed by atoms with Crippen LogP contribution < -0.4 is 10.5 Å². The highest BCUT2D eigenvalue weighted by atomic mass is 16.5. The smallest absolute Gasteiger partial charge is 0.246 e. The summed E-state index contributed by atoms with van der Waals surface area (Å²) in [5, 5.41) is 0. The number of benzene rings is 1. The molecule has 3 aromatic rings. The van der Waals surface area contributed by atoms with Crippen molar-refractivity contribution in [3.8, 4) is 5.88 Å². The first-order valence-electron chi connectivity index (χ1n) is 12.6. The number of aliphatic imine (C=N–C) groups is 1. The second-order valence-corrected chi connectivity index (χ2v) is 11.5. The third kappa shape index (κ3) is 4.81. The third-order valence-corrected chi connectivity index (χ3v) is 7.31. The minimum Gasteiger partial charge on any atom is -0.463 e. The quantitative estimate of drug-likeness (QED) is 0.493. The predicted molar refractivity (Wildman–Crippen MR) is 139 cm³/mol. The van der Waals surface area contributed by atoms with Crippen LogP contribution in [0.3, 0.4) is 0 Å². The molecule has 1 saturated carbocycles. The number of imidazole rings is 1. The van der Waals surface area contributed by atoms with Gasteiger partial charge in [-0.2, -0.15) is 4.98 Å². The van der Waals surface area contributed by atoms with Crippen LogP contribution in [-0.2, 0) is 11.8 Å². The van der Waals surface area contributed by atoms with E-state index in [0.717, 1.165) is 29.4 Å². The lowest BCUT2D eigenvalue weighted by molar-refractivity contribution is 0.171. The molecule has 3 N–H and O–H groups in total. The van der Waals surface area contributed by atoms with Crippen molar-refractivity contribution in [2.75, 3.05) is 5.73 Å². The minimum absolute atomic E-state index is 0.0658. The average Bonchev–Trinajstić information content (AvgIpc) is 3.28. The van der Waals surface area contributed by atoms with Crippen molar-refractivity contribution in [1.29, 1.82) is 0 Å². The normalized spacial score (nSPS) is 21.7. The lowest BCUT2D eigenvalue weighted by Gasteiger charge is -2.32. The Hall–Kier alpha value is -3.22. The summed E-state index contributed by atoms with van der Waals surface area (Å²) in [6.45, 7) is 10.6. The first-order chi connectivity index (χ1) is 16.6. The van der Waals surface area contributed by atoms with Crippen LogP contribution in [0.2, 0.25) is 0 Å². The molecule has 0 radical (unpaired) electrons. The molecule has 7 nitrogen and oxygen atoms in total. The molecule has 0 spiro atoms. The minimum atomic E-state index is -0.604. The van der Waals surface area contributed by atoms with Gasteiger partial charge in [-0.1, -0.05) is 45.0 Å². The summed E-state index contributed by atoms with van der Waals surface area (Å²) in [4.78, 5) is 21.2. The number of rotatable bonds is 4. The summed E-state index contributed by atoms with van der Waals surface area (Å²) in [5.74, 6) is 3.18. The Balaban J connectivity index is 1.25. The first kappa shape index (κ1) is 23.5. The van der Waals surface area contributed by atoms with Crippen LogP contribution in [0.1, 0.15) is 88.9 Å². The molecular weight excluding hydrogens is 436 g/mol. The molecule has 1 aromatic carbocycles. The van der Waals surface area contributed by atoms with Gasteiger partial charge in [0.2, 0.25) is 5.88 Å². The van der Waals surface area contributed by atoms with E-state index in [4.69, 9.17) is 15.5 Å². The zero-order valence-electron chi connectivity index (χ0n) is 21.4. The van der Waals surface area contributed by atoms with E-state index in [9.17, 15) is 0 Å². The van der Waals surface area contributed by atoms with Crippen molar-refractivity contribution in [1.82, 2.24) is 19.9 Å². The second-order valence-electron chi connectivity index (χ2n) is 11.5. The highest BCUT2D eigenvalue weighted by Crippen LogP contribution is 2.40. The third-order valence-electron chi connectivity index (χ3n) is 7.31. The molecule has 184 valence electrons. The maximum atomic E-state index is 6.13. The molecule has 0 unspecified atom stereocenters. The highest BCUT2D eigenvalue weighted by Gasteiger charge is 2.35. The Morgan fingerprint density at radius 3 is 2.40 bits per heavy atom. The summed E-state index contributed by atoms with van der Waals surface area (Å²) >= 11 is 0. The number of hydrogen-bond acceptors (Lipinski definition) is 6. The maximum absolute atomic E-state index is 6.13. The van der Waals surface area contributed by atoms with E-state index in [-0.39, 0.29) is 5.41 Å². The van der Waals surface area contributed by atoms with Gasteiger partial charge in [-0.15, -0.1) is 0 Å². The highest BCUT2D eigenvalue weighted by molar-refractivity contribution is 6.09. The van der Waals surface area contributed by atoms with E-state index in [0.29, 0.717) is 23.3 Å². The van der Waals surface area contributed by atoms with Crippen molar-refractivity contribution < 1.29 is 4.74 Å². The Labute approximate surface area is 207 Å². The molecule has 2 aromatic heterocycles. The van der Waals surface area contributed by atoms with E-state index in [1.165, 1.54) is 43.3 Å². The number of ether oxygens (including phenoxy) is 1. The van der Waals surface area contributed by atoms with Crippen molar-refractivity contribution in [2.24, 2.45) is 10.9 Å². The molecule has 3 heterocycles. The fraction of sp³-hybridized carbons (Fsp3) is 0.500. The van der Waals surface area contributed by atoms with Gasteiger partial charge in [0.25, 0.3) is 0 Å². The Morgan fingerprint density at radius 1 is 1.03 bits per heavy atom. The Bertz CT molecular complexity index is 1230. The molecule has 0 bridgehead atoms. The topological polar surface area (TPSA) is 102 Å². The lowest BCUT2D eigenvalue weighted by Crippen LogP contribution is -2.41. The Kier molecular flexibility index (Phi) is 5.90. The molecule has 1 fully saturated rings. The van der Waals surface area contributed by atoms with Gasteiger partial charge in [0.1, 0.15) is 17.8 Å². The molecule has 1 aliphatic heterocycles. The molecular formula is C28H36N6O. The molecule has 1 aliphatic carbocycles. The van der Waals surface area contributed by atoms with E-state index in [2.05, 4.69) is 65.0 Å². The molecule has 0 amide bonds. The van der Waals surface area contributed by atoms with Crippen molar-refractivity contribution in [3.63, 3.8) is 0 Å². The summed E-state index contributed by atoms with van der Waals surface area (Å²) in [6, 6.07) is 8.83. The van der Waals surface area contributed by atoms with Gasteiger partial charge in [-0.25, -0.2) is 15.0 Å². The lowest BCUT2D eigenvalue weighted by atomic mass is 9.77. The van der Waals surface area contributed by atoms with Gasteiger partial charge in [-0.05, 0) is 63.4 Å². The number of fused-ring (bicyclic) bond motifs is 1. The predicted octanol–water partition coefficient (Wildman–Crippen LogP) is 5.89. The SMILES string of the molecule is CC1(C)Oc2ncnc(N)c2N=C1c1ccc(C2CCC(Cc3cnc(C(C)(C)C)[nH]3)CC2)cc1. The number of hydrogen-bond donors (Lipinski definition) is 2. The van der Waals surface area contributed by atoms with E-state index < -0.39 is 5.60 Å². The monoisotopic (exact) mass is 472 g/mol. The van der Waals surface area contributed by atoms with E-state index in [1.807, 2.05) is 20.0 Å². The van der Waals surface area contributed by atoms with Crippen molar-refractivity contribution in [2.45, 2.75) is 83.7 Å². The number of nitrogens with one attached hydrogen (secondary N) is 1. The number of aromatic amines is 1. The van der Waals surface area contributed by atoms with Crippen LogP contribution in [0.15, 0.2) is 41.8 Å². The van der Waals surface area contributed by atoms with E-state index >= 15 is 0 Å². The number of nitrogen functional groups attached to an aromatic ring is 1. The number of anilines is 1. The number of nitrogens with zero attached hydrogens (tertiary/aromatic N) is 4. The van der Waals surface area contributed by atoms with Crippen LogP contribution >= 0.6 is 0 Å². The summed E-state index contributed by atoms with van der Waals surface area (Å²) in [7, 11) is 0. The standard InChI is InChI=1S/C28H36N6O/c1-27(2,3)26-30-15-21(33-26)14-17-6-8-18(9-7-17)19-10-12-20(13-11-19)23-28(4,5)35-25-22(34-23)24(29)31-16-32-25/h10-13,15-18H,6-9,14H2,1-5H3,(H,30,33)(H2,29,31,32). The zero-order chi connectivity index (χ0) is 24.8. The molecule has 5 rings (SSSR count). The van der Waals surface area contributed by atoms with Gasteiger partial charge >= 0.3 is 0 Å². The summed E-state index contributed by atoms with van der Waals surface area (Å²) < 4.78 is 6.13. The second kappa shape index (κ2) is 8.77. The number of H-pyrrole nitrogens is 1.